The first-order valence-electron chi connectivity index (χ1n) is 4.63. The van der Waals surface area contributed by atoms with E-state index in [2.05, 4.69) is 0 Å². The van der Waals surface area contributed by atoms with Crippen molar-refractivity contribution in [1.82, 2.24) is 0 Å². The van der Waals surface area contributed by atoms with Gasteiger partial charge in [0.25, 0.3) is 0 Å². The quantitative estimate of drug-likeness (QED) is 0.665. The van der Waals surface area contributed by atoms with Crippen molar-refractivity contribution in [3.63, 3.8) is 0 Å². The van der Waals surface area contributed by atoms with Crippen LogP contribution in [0, 0.1) is 0 Å². The standard InChI is InChI=1S/C8H18O4S2.3ClH.Ti/c1-5-8(4,13(9,10)6-2)14(11,12)7-3;;;;/h5-7H2,1-4H3;3*1H;. The fourth-order valence-corrected chi connectivity index (χ4v) is 5.60. The van der Waals surface area contributed by atoms with Gasteiger partial charge in [0.2, 0.25) is 0 Å². The van der Waals surface area contributed by atoms with Crippen molar-refractivity contribution >= 4 is 56.9 Å². The minimum Gasteiger partial charge on any atom is -0.227 e. The summed E-state index contributed by atoms with van der Waals surface area (Å²) in [5.74, 6) is -0.285. The Morgan fingerprint density at radius 2 is 1.00 bits per heavy atom. The predicted molar refractivity (Wildman–Crippen MR) is 79.4 cm³/mol. The van der Waals surface area contributed by atoms with Crippen LogP contribution in [0.1, 0.15) is 34.1 Å². The van der Waals surface area contributed by atoms with E-state index in [9.17, 15) is 16.8 Å². The first-order valence-corrected chi connectivity index (χ1v) is 7.93. The first-order chi connectivity index (χ1) is 6.18. The van der Waals surface area contributed by atoms with Crippen LogP contribution in [-0.4, -0.2) is 32.4 Å². The molecule has 18 heavy (non-hydrogen) atoms. The van der Waals surface area contributed by atoms with E-state index in [1.54, 1.807) is 6.92 Å². The SMILES string of the molecule is CCC(C)(S(=O)(=O)CC)S(=O)(=O)CC.Cl.Cl.Cl.[Ti]. The summed E-state index contributed by atoms with van der Waals surface area (Å²) in [5.41, 5.74) is 0. The van der Waals surface area contributed by atoms with Crippen LogP contribution in [0.4, 0.5) is 0 Å². The molecule has 0 fully saturated rings. The van der Waals surface area contributed by atoms with Crippen LogP contribution >= 0.6 is 37.2 Å². The molecule has 0 saturated heterocycles. The Kier molecular flexibility index (Phi) is 19.7. The van der Waals surface area contributed by atoms with Gasteiger partial charge < -0.3 is 0 Å². The molecular formula is C8H21Cl3O4S2Ti. The molecule has 0 N–H and O–H groups in total. The maximum absolute atomic E-state index is 11.7. The van der Waals surface area contributed by atoms with Crippen LogP contribution in [-0.2, 0) is 41.4 Å². The third-order valence-electron chi connectivity index (χ3n) is 2.72. The average Bonchev–Trinajstić information content (AvgIpc) is 2.15. The Balaban J connectivity index is -0.000000141. The van der Waals surface area contributed by atoms with Gasteiger partial charge >= 0.3 is 0 Å². The van der Waals surface area contributed by atoms with Crippen molar-refractivity contribution in [2.75, 3.05) is 11.5 Å². The smallest absolute Gasteiger partial charge is 0.170 e. The summed E-state index contributed by atoms with van der Waals surface area (Å²) in [6.07, 6.45) is 0.0966. The zero-order valence-electron chi connectivity index (χ0n) is 10.8. The zero-order valence-corrected chi connectivity index (χ0v) is 16.4. The van der Waals surface area contributed by atoms with Crippen molar-refractivity contribution in [2.24, 2.45) is 0 Å². The molecule has 0 amide bonds. The predicted octanol–water partition coefficient (Wildman–Crippen LogP) is 2.24. The van der Waals surface area contributed by atoms with Gasteiger partial charge in [-0.3, -0.25) is 0 Å². The molecule has 0 heterocycles. The molecule has 0 aromatic heterocycles. The largest absolute Gasteiger partial charge is 0.227 e. The zero-order chi connectivity index (χ0) is 11.6. The van der Waals surface area contributed by atoms with E-state index >= 15 is 0 Å². The summed E-state index contributed by atoms with van der Waals surface area (Å²) in [5, 5.41) is 0. The third kappa shape index (κ3) is 5.86. The van der Waals surface area contributed by atoms with E-state index in [1.807, 2.05) is 0 Å². The van der Waals surface area contributed by atoms with Crippen molar-refractivity contribution in [3.8, 4) is 0 Å². The molecule has 0 saturated carbocycles. The number of halogens is 3. The maximum atomic E-state index is 11.7. The van der Waals surface area contributed by atoms with Crippen molar-refractivity contribution in [3.05, 3.63) is 0 Å². The van der Waals surface area contributed by atoms with Gasteiger partial charge in [-0.2, -0.15) is 0 Å². The molecule has 0 aliphatic rings. The Labute approximate surface area is 144 Å². The first kappa shape index (κ1) is 31.7. The summed E-state index contributed by atoms with van der Waals surface area (Å²) in [6, 6.07) is 0. The Hall–Kier alpha value is 1.48. The summed E-state index contributed by atoms with van der Waals surface area (Å²) in [7, 11) is -7.14. The number of hydrogen-bond acceptors (Lipinski definition) is 4. The van der Waals surface area contributed by atoms with Gasteiger partial charge in [0, 0.05) is 33.2 Å². The van der Waals surface area contributed by atoms with E-state index in [0.29, 0.717) is 0 Å². The van der Waals surface area contributed by atoms with Gasteiger partial charge in [-0.1, -0.05) is 20.8 Å². The second-order valence-electron chi connectivity index (χ2n) is 3.29. The normalized spacial score (nSPS) is 11.1. The molecular weight excluding hydrogens is 378 g/mol. The second kappa shape index (κ2) is 11.2. The summed E-state index contributed by atoms with van der Waals surface area (Å²) >= 11 is 0. The van der Waals surface area contributed by atoms with E-state index in [0.717, 1.165) is 0 Å². The van der Waals surface area contributed by atoms with Crippen molar-refractivity contribution in [1.29, 1.82) is 0 Å². The molecule has 0 aliphatic carbocycles. The second-order valence-corrected chi connectivity index (χ2v) is 8.97. The molecule has 0 unspecified atom stereocenters. The number of sulfone groups is 2. The summed E-state index contributed by atoms with van der Waals surface area (Å²) < 4.78 is 45.1. The fraction of sp³-hybridized carbons (Fsp3) is 1.00. The van der Waals surface area contributed by atoms with Crippen LogP contribution in [0.3, 0.4) is 0 Å². The molecule has 0 radical (unpaired) electrons. The van der Waals surface area contributed by atoms with E-state index in [-0.39, 0.29) is 76.9 Å². The molecule has 0 aromatic rings. The Bertz CT molecular complexity index is 361. The van der Waals surface area contributed by atoms with E-state index in [1.165, 1.54) is 20.8 Å². The molecule has 0 bridgehead atoms. The molecule has 114 valence electrons. The maximum Gasteiger partial charge on any atom is 0.170 e. The number of hydrogen-bond donors (Lipinski definition) is 0. The van der Waals surface area contributed by atoms with Gasteiger partial charge in [-0.05, 0) is 13.3 Å². The Morgan fingerprint density at radius 1 is 0.778 bits per heavy atom. The van der Waals surface area contributed by atoms with Crippen LogP contribution in [0.15, 0.2) is 0 Å². The van der Waals surface area contributed by atoms with Gasteiger partial charge in [0.1, 0.15) is 0 Å². The van der Waals surface area contributed by atoms with Crippen LogP contribution in [0.2, 0.25) is 0 Å². The molecule has 0 aromatic carbocycles. The molecule has 4 nitrogen and oxygen atoms in total. The minimum atomic E-state index is -3.57. The molecule has 0 aliphatic heterocycles. The van der Waals surface area contributed by atoms with Crippen molar-refractivity contribution < 1.29 is 38.6 Å². The fourth-order valence-electron chi connectivity index (χ4n) is 1.24. The van der Waals surface area contributed by atoms with Crippen LogP contribution in [0.25, 0.3) is 0 Å². The van der Waals surface area contributed by atoms with Gasteiger partial charge in [0.15, 0.2) is 23.8 Å². The van der Waals surface area contributed by atoms with E-state index < -0.39 is 23.8 Å². The van der Waals surface area contributed by atoms with E-state index in [4.69, 9.17) is 0 Å². The van der Waals surface area contributed by atoms with Gasteiger partial charge in [-0.25, -0.2) is 16.8 Å². The summed E-state index contributed by atoms with van der Waals surface area (Å²) in [4.78, 5) is 0. The summed E-state index contributed by atoms with van der Waals surface area (Å²) in [6.45, 7) is 5.81. The molecule has 10 heteroatoms. The van der Waals surface area contributed by atoms with Crippen LogP contribution in [0.5, 0.6) is 0 Å². The molecule has 0 atom stereocenters. The Morgan fingerprint density at radius 3 is 1.11 bits per heavy atom. The monoisotopic (exact) mass is 398 g/mol. The molecule has 0 rings (SSSR count). The van der Waals surface area contributed by atoms with Gasteiger partial charge in [-0.15, -0.1) is 37.2 Å². The van der Waals surface area contributed by atoms with Crippen molar-refractivity contribution in [2.45, 2.75) is 38.2 Å². The number of rotatable bonds is 5. The average molecular weight is 400 g/mol. The van der Waals surface area contributed by atoms with Gasteiger partial charge in [0.05, 0.1) is 0 Å². The molecule has 0 spiro atoms. The topological polar surface area (TPSA) is 68.3 Å². The minimum absolute atomic E-state index is 0. The third-order valence-corrected chi connectivity index (χ3v) is 8.97. The van der Waals surface area contributed by atoms with Crippen LogP contribution < -0.4 is 0 Å².